The molecule has 26 aromatic rings. The highest BCUT2D eigenvalue weighted by molar-refractivity contribution is 6.20. The van der Waals surface area contributed by atoms with Crippen LogP contribution >= 0.6 is 0 Å². The van der Waals surface area contributed by atoms with Crippen molar-refractivity contribution in [1.82, 2.24) is 44.9 Å². The molecule has 0 saturated heterocycles. The maximum atomic E-state index is 6.46. The van der Waals surface area contributed by atoms with E-state index in [4.69, 9.17) is 53.7 Å². The lowest BCUT2D eigenvalue weighted by Crippen LogP contribution is -2.15. The molecule has 0 atom stereocenters. The average molecular weight is 1730 g/mol. The zero-order valence-corrected chi connectivity index (χ0v) is 73.5. The van der Waals surface area contributed by atoms with Gasteiger partial charge in [0.15, 0.2) is 52.4 Å². The third-order valence-corrected chi connectivity index (χ3v) is 26.5. The summed E-state index contributed by atoms with van der Waals surface area (Å²) in [6, 6.07) is 154. The largest absolute Gasteiger partial charge is 0.456 e. The molecule has 11 heteroatoms. The molecule has 0 radical (unpaired) electrons. The first-order chi connectivity index (χ1) is 66.6. The number of rotatable bonds is 11. The van der Waals surface area contributed by atoms with Gasteiger partial charge in [-0.1, -0.05) is 396 Å². The van der Waals surface area contributed by atoms with Gasteiger partial charge in [-0.05, 0) is 170 Å². The Morgan fingerprint density at radius 1 is 0.170 bits per heavy atom. The van der Waals surface area contributed by atoms with Gasteiger partial charge >= 0.3 is 0 Å². The van der Waals surface area contributed by atoms with E-state index in [1.165, 1.54) is 49.2 Å². The zero-order valence-electron chi connectivity index (χ0n) is 73.5. The Bertz CT molecular complexity index is 9020. The van der Waals surface area contributed by atoms with E-state index < -0.39 is 0 Å². The fourth-order valence-electron chi connectivity index (χ4n) is 19.9. The summed E-state index contributed by atoms with van der Waals surface area (Å²) in [5, 5.41) is 20.7. The van der Waals surface area contributed by atoms with Crippen LogP contribution in [-0.2, 0) is 5.41 Å². The molecule has 5 heterocycles. The lowest BCUT2D eigenvalue weighted by molar-refractivity contribution is 0.666. The number of para-hydroxylation sites is 2. The Kier molecular flexibility index (Phi) is 19.3. The summed E-state index contributed by atoms with van der Waals surface area (Å²) in [4.78, 5) is 45.3. The first kappa shape index (κ1) is 79.3. The van der Waals surface area contributed by atoms with Crippen molar-refractivity contribution in [3.05, 3.63) is 454 Å². The molecule has 27 rings (SSSR count). The van der Waals surface area contributed by atoms with E-state index in [1.807, 2.05) is 146 Å². The monoisotopic (exact) mass is 1730 g/mol. The van der Waals surface area contributed by atoms with Crippen molar-refractivity contribution in [2.75, 3.05) is 0 Å². The van der Waals surface area contributed by atoms with Crippen molar-refractivity contribution in [1.29, 1.82) is 0 Å². The van der Waals surface area contributed by atoms with Crippen LogP contribution in [0.3, 0.4) is 0 Å². The summed E-state index contributed by atoms with van der Waals surface area (Å²) in [7, 11) is 0. The van der Waals surface area contributed by atoms with Gasteiger partial charge in [-0.25, -0.2) is 44.9 Å². The summed E-state index contributed by atoms with van der Waals surface area (Å²) in [5.41, 5.74) is 22.1. The number of nitrogens with zero attached hydrogens (tertiary/aromatic N) is 9. The number of benzene rings is 21. The average Bonchev–Trinajstić information content (AvgIpc) is 1.58. The van der Waals surface area contributed by atoms with Gasteiger partial charge in [0.05, 0.1) is 0 Å². The van der Waals surface area contributed by atoms with Crippen molar-refractivity contribution >= 4 is 119 Å². The lowest BCUT2D eigenvalue weighted by Gasteiger charge is -2.23. The standard InChI is InChI=1S/C42H29N3.2C41H25N3O/c1-42(2)37-14-8-7-13-35(37)36-22-19-30-25-33(20-21-34(30)38(36)42)41-44-39(31-17-15-26-9-3-5-11-28(26)23-31)43-40(45-41)32-18-16-27-10-4-6-12-29(27)24-32;1-3-11-26(12-4-1)39-42-40(27-13-5-2-6-14-27)44-41(43-39)35-19-10-17-32-31(16-9-18-33(32)35)29-22-21-28-25-38-36(24-30(28)23-29)34-15-7-8-20-37(34)45-38;1-3-13-27(14-4-1)39-42-40(28-15-5-2-6-16-28)44-41(43-39)35-23-22-26-12-7-8-17-29(26)37(35)32-19-11-20-33-30(32)24-25-34-31-18-9-10-21-36(31)45-38(33)34/h3-25H,1-2H3;2*1-25H. The predicted molar refractivity (Wildman–Crippen MR) is 554 cm³/mol. The summed E-state index contributed by atoms with van der Waals surface area (Å²) in [6.45, 7) is 4.67. The van der Waals surface area contributed by atoms with E-state index in [-0.39, 0.29) is 5.41 Å². The van der Waals surface area contributed by atoms with Gasteiger partial charge in [-0.2, -0.15) is 0 Å². The molecule has 1 aliphatic carbocycles. The molecule has 0 amide bonds. The Morgan fingerprint density at radius 2 is 0.526 bits per heavy atom. The van der Waals surface area contributed by atoms with Crippen molar-refractivity contribution in [2.24, 2.45) is 0 Å². The van der Waals surface area contributed by atoms with Gasteiger partial charge in [0.1, 0.15) is 22.3 Å². The van der Waals surface area contributed by atoms with Crippen LogP contribution in [0.2, 0.25) is 0 Å². The second kappa shape index (κ2) is 32.9. The van der Waals surface area contributed by atoms with Gasteiger partial charge in [-0.15, -0.1) is 0 Å². The van der Waals surface area contributed by atoms with Gasteiger partial charge in [0, 0.05) is 88.0 Å². The van der Waals surface area contributed by atoms with Crippen molar-refractivity contribution < 1.29 is 8.83 Å². The molecule has 0 bridgehead atoms. The third kappa shape index (κ3) is 14.3. The van der Waals surface area contributed by atoms with Crippen LogP contribution in [0.4, 0.5) is 0 Å². The minimum absolute atomic E-state index is 0.0768. The minimum atomic E-state index is -0.0768. The van der Waals surface area contributed by atoms with Crippen LogP contribution in [0.15, 0.2) is 452 Å². The lowest BCUT2D eigenvalue weighted by atomic mass is 9.80. The molecule has 1 aliphatic rings. The Labute approximate surface area is 776 Å². The van der Waals surface area contributed by atoms with Crippen LogP contribution in [0, 0.1) is 0 Å². The molecule has 135 heavy (non-hydrogen) atoms. The third-order valence-electron chi connectivity index (χ3n) is 26.5. The van der Waals surface area contributed by atoms with Crippen LogP contribution in [0.1, 0.15) is 25.0 Å². The van der Waals surface area contributed by atoms with E-state index in [2.05, 4.69) is 311 Å². The topological polar surface area (TPSA) is 142 Å². The van der Waals surface area contributed by atoms with E-state index >= 15 is 0 Å². The smallest absolute Gasteiger partial charge is 0.164 e. The molecule has 632 valence electrons. The van der Waals surface area contributed by atoms with E-state index in [0.717, 1.165) is 165 Å². The summed E-state index contributed by atoms with van der Waals surface area (Å²) < 4.78 is 12.6. The maximum Gasteiger partial charge on any atom is 0.164 e. The van der Waals surface area contributed by atoms with Gasteiger partial charge < -0.3 is 8.83 Å². The van der Waals surface area contributed by atoms with Crippen molar-refractivity contribution in [2.45, 2.75) is 19.3 Å². The van der Waals surface area contributed by atoms with Crippen LogP contribution in [0.25, 0.3) is 255 Å². The fraction of sp³-hybridized carbons (Fsp3) is 0.0242. The normalized spacial score (nSPS) is 12.1. The summed E-state index contributed by atoms with van der Waals surface area (Å²) in [5.74, 6) is 5.87. The van der Waals surface area contributed by atoms with E-state index in [9.17, 15) is 0 Å². The van der Waals surface area contributed by atoms with Crippen LogP contribution in [0.5, 0.6) is 0 Å². The molecule has 0 aliphatic heterocycles. The number of hydrogen-bond acceptors (Lipinski definition) is 11. The molecule has 0 N–H and O–H groups in total. The Hall–Kier alpha value is -17.9. The molecular weight excluding hydrogens is 1650 g/mol. The summed E-state index contributed by atoms with van der Waals surface area (Å²) >= 11 is 0. The molecule has 0 fully saturated rings. The van der Waals surface area contributed by atoms with Crippen LogP contribution in [-0.4, -0.2) is 44.9 Å². The molecule has 21 aromatic carbocycles. The number of fused-ring (bicyclic) bond motifs is 18. The molecule has 0 unspecified atom stereocenters. The first-order valence-corrected chi connectivity index (χ1v) is 45.5. The van der Waals surface area contributed by atoms with E-state index in [0.29, 0.717) is 52.4 Å². The Morgan fingerprint density at radius 3 is 1.12 bits per heavy atom. The van der Waals surface area contributed by atoms with Crippen molar-refractivity contribution in [3.63, 3.8) is 0 Å². The highest BCUT2D eigenvalue weighted by Crippen LogP contribution is 2.53. The molecule has 0 spiro atoms. The predicted octanol–water partition coefficient (Wildman–Crippen LogP) is 32.1. The zero-order chi connectivity index (χ0) is 89.6. The highest BCUT2D eigenvalue weighted by atomic mass is 16.3. The number of furan rings is 2. The van der Waals surface area contributed by atoms with Gasteiger partial charge in [-0.3, -0.25) is 0 Å². The minimum Gasteiger partial charge on any atom is -0.456 e. The van der Waals surface area contributed by atoms with Gasteiger partial charge in [0.25, 0.3) is 0 Å². The highest BCUT2D eigenvalue weighted by Gasteiger charge is 2.37. The second-order valence-corrected chi connectivity index (χ2v) is 35.0. The quantitative estimate of drug-likeness (QED) is 0.122. The van der Waals surface area contributed by atoms with Crippen molar-refractivity contribution in [3.8, 4) is 136 Å². The number of hydrogen-bond donors (Lipinski definition) is 0. The molecule has 11 nitrogen and oxygen atoms in total. The summed E-state index contributed by atoms with van der Waals surface area (Å²) in [6.07, 6.45) is 0. The number of aromatic nitrogens is 9. The second-order valence-electron chi connectivity index (χ2n) is 35.0. The Balaban J connectivity index is 0.000000108. The van der Waals surface area contributed by atoms with E-state index in [1.54, 1.807) is 0 Å². The fourth-order valence-corrected chi connectivity index (χ4v) is 19.9. The maximum absolute atomic E-state index is 6.46. The first-order valence-electron chi connectivity index (χ1n) is 45.5. The van der Waals surface area contributed by atoms with Crippen LogP contribution < -0.4 is 0 Å². The molecule has 5 aromatic heterocycles. The molecular formula is C124H79N9O2. The molecule has 0 saturated carbocycles. The SMILES string of the molecule is CC1(C)c2ccccc2-c2ccc3cc(-c4nc(-c5ccc6ccccc6c5)nc(-c5ccc6ccccc6c5)n4)ccc3c21.c1ccc(-c2nc(-c3ccccc3)nc(-c3ccc4ccccc4c3-c3cccc4c3ccc3c5ccccc5oc43)n2)cc1.c1ccc(-c2nc(-c3ccccc3)nc(-c3cccc4c(-c5ccc6cc7oc8ccccc8c7cc6c5)cccc34)n2)cc1. The van der Waals surface area contributed by atoms with Gasteiger partial charge in [0.2, 0.25) is 0 Å².